The Morgan fingerprint density at radius 1 is 0.464 bits per heavy atom. The summed E-state index contributed by atoms with van der Waals surface area (Å²) < 4.78 is 0. The van der Waals surface area contributed by atoms with E-state index in [0.717, 1.165) is 0 Å². The largest absolute Gasteiger partial charge is 0.0620 e. The number of fused-ring (bicyclic) bond motifs is 2. The van der Waals surface area contributed by atoms with Gasteiger partial charge >= 0.3 is 0 Å². The molecule has 0 amide bonds. The Hall–Kier alpha value is -3.38. The lowest BCUT2D eigenvalue weighted by molar-refractivity contribution is 1.43. The molecule has 0 nitrogen and oxygen atoms in total. The predicted molar refractivity (Wildman–Crippen MR) is 122 cm³/mol. The second-order valence-corrected chi connectivity index (χ2v) is 7.54. The van der Waals surface area contributed by atoms with Gasteiger partial charge in [-0.05, 0) is 74.8 Å². The van der Waals surface area contributed by atoms with Gasteiger partial charge in [0.1, 0.15) is 0 Å². The van der Waals surface area contributed by atoms with Crippen molar-refractivity contribution in [2.75, 3.05) is 0 Å². The number of aryl methyl sites for hydroxylation is 2. The summed E-state index contributed by atoms with van der Waals surface area (Å²) in [6.07, 6.45) is 0. The van der Waals surface area contributed by atoms with Crippen molar-refractivity contribution < 1.29 is 0 Å². The first-order chi connectivity index (χ1) is 13.7. The van der Waals surface area contributed by atoms with E-state index in [9.17, 15) is 0 Å². The zero-order valence-electron chi connectivity index (χ0n) is 16.2. The average Bonchev–Trinajstić information content (AvgIpc) is 2.74. The molecular weight excluding hydrogens is 336 g/mol. The molecule has 0 fully saturated rings. The molecule has 0 heterocycles. The molecular formula is C28H22. The van der Waals surface area contributed by atoms with Gasteiger partial charge in [-0.2, -0.15) is 0 Å². The smallest absolute Gasteiger partial charge is 0.00732 e. The lowest BCUT2D eigenvalue weighted by atomic mass is 9.89. The van der Waals surface area contributed by atoms with Crippen LogP contribution in [0.4, 0.5) is 0 Å². The molecule has 0 aliphatic heterocycles. The van der Waals surface area contributed by atoms with Gasteiger partial charge in [-0.1, -0.05) is 91.0 Å². The molecule has 0 aliphatic carbocycles. The van der Waals surface area contributed by atoms with Crippen molar-refractivity contribution in [3.63, 3.8) is 0 Å². The first kappa shape index (κ1) is 16.8. The summed E-state index contributed by atoms with van der Waals surface area (Å²) in [5.74, 6) is 0. The van der Waals surface area contributed by atoms with Crippen LogP contribution < -0.4 is 0 Å². The topological polar surface area (TPSA) is 0 Å². The van der Waals surface area contributed by atoms with Crippen LogP contribution in [0.1, 0.15) is 11.1 Å². The van der Waals surface area contributed by atoms with Crippen molar-refractivity contribution >= 4 is 21.5 Å². The van der Waals surface area contributed by atoms with E-state index in [-0.39, 0.29) is 0 Å². The third-order valence-electron chi connectivity index (χ3n) is 5.74. The summed E-state index contributed by atoms with van der Waals surface area (Å²) in [6.45, 7) is 4.41. The first-order valence-electron chi connectivity index (χ1n) is 9.80. The van der Waals surface area contributed by atoms with Crippen LogP contribution in [0.5, 0.6) is 0 Å². The summed E-state index contributed by atoms with van der Waals surface area (Å²) >= 11 is 0. The highest BCUT2D eigenvalue weighted by atomic mass is 14.2. The molecule has 0 saturated carbocycles. The second-order valence-electron chi connectivity index (χ2n) is 7.54. The molecule has 0 saturated heterocycles. The SMILES string of the molecule is Cc1ccccc1-c1c(C)ccc2ccc(-c3cccc4ccccc34)cc12. The molecule has 5 aromatic carbocycles. The number of hydrogen-bond donors (Lipinski definition) is 0. The molecule has 0 radical (unpaired) electrons. The second kappa shape index (κ2) is 6.65. The van der Waals surface area contributed by atoms with E-state index >= 15 is 0 Å². The number of rotatable bonds is 2. The molecule has 0 aromatic heterocycles. The van der Waals surface area contributed by atoms with E-state index in [1.54, 1.807) is 0 Å². The Balaban J connectivity index is 1.82. The highest BCUT2D eigenvalue weighted by Gasteiger charge is 2.11. The van der Waals surface area contributed by atoms with Gasteiger partial charge < -0.3 is 0 Å². The van der Waals surface area contributed by atoms with Gasteiger partial charge in [-0.25, -0.2) is 0 Å². The highest BCUT2D eigenvalue weighted by molar-refractivity contribution is 6.04. The summed E-state index contributed by atoms with van der Waals surface area (Å²) in [4.78, 5) is 0. The van der Waals surface area contributed by atoms with E-state index in [2.05, 4.69) is 111 Å². The Morgan fingerprint density at radius 2 is 1.14 bits per heavy atom. The zero-order valence-corrected chi connectivity index (χ0v) is 16.2. The Kier molecular flexibility index (Phi) is 3.98. The molecule has 0 unspecified atom stereocenters. The fourth-order valence-electron chi connectivity index (χ4n) is 4.28. The summed E-state index contributed by atoms with van der Waals surface area (Å²) in [7, 11) is 0. The van der Waals surface area contributed by atoms with E-state index in [1.165, 1.54) is 54.9 Å². The first-order valence-corrected chi connectivity index (χ1v) is 9.80. The normalized spacial score (nSPS) is 11.2. The van der Waals surface area contributed by atoms with Crippen molar-refractivity contribution in [3.05, 3.63) is 108 Å². The van der Waals surface area contributed by atoms with Crippen molar-refractivity contribution in [1.82, 2.24) is 0 Å². The van der Waals surface area contributed by atoms with Crippen LogP contribution in [0.25, 0.3) is 43.8 Å². The predicted octanol–water partition coefficient (Wildman–Crippen LogP) is 7.94. The van der Waals surface area contributed by atoms with Crippen molar-refractivity contribution in [1.29, 1.82) is 0 Å². The number of benzene rings is 5. The van der Waals surface area contributed by atoms with E-state index in [1.807, 2.05) is 0 Å². The van der Waals surface area contributed by atoms with Gasteiger partial charge in [0.05, 0.1) is 0 Å². The van der Waals surface area contributed by atoms with E-state index in [0.29, 0.717) is 0 Å². The third-order valence-corrected chi connectivity index (χ3v) is 5.74. The van der Waals surface area contributed by atoms with Gasteiger partial charge in [-0.15, -0.1) is 0 Å². The molecule has 134 valence electrons. The standard InChI is InChI=1S/C28H22/c1-19-8-3-5-11-24(19)28-20(2)14-15-22-16-17-23(18-27(22)28)26-13-7-10-21-9-4-6-12-25(21)26/h3-18H,1-2H3. The van der Waals surface area contributed by atoms with Crippen LogP contribution in [0.3, 0.4) is 0 Å². The van der Waals surface area contributed by atoms with Crippen LogP contribution in [-0.4, -0.2) is 0 Å². The third kappa shape index (κ3) is 2.70. The molecule has 0 bridgehead atoms. The minimum Gasteiger partial charge on any atom is -0.0620 e. The fraction of sp³-hybridized carbons (Fsp3) is 0.0714. The Morgan fingerprint density at radius 3 is 2.04 bits per heavy atom. The van der Waals surface area contributed by atoms with Gasteiger partial charge in [0.2, 0.25) is 0 Å². The van der Waals surface area contributed by atoms with Crippen LogP contribution in [0.2, 0.25) is 0 Å². The molecule has 0 aliphatic rings. The lowest BCUT2D eigenvalue weighted by Crippen LogP contribution is -1.90. The molecule has 5 aromatic rings. The van der Waals surface area contributed by atoms with Crippen LogP contribution >= 0.6 is 0 Å². The van der Waals surface area contributed by atoms with Gasteiger partial charge in [0.25, 0.3) is 0 Å². The molecule has 0 N–H and O–H groups in total. The molecule has 28 heavy (non-hydrogen) atoms. The number of hydrogen-bond acceptors (Lipinski definition) is 0. The van der Waals surface area contributed by atoms with Gasteiger partial charge in [0.15, 0.2) is 0 Å². The molecule has 5 rings (SSSR count). The maximum absolute atomic E-state index is 2.37. The van der Waals surface area contributed by atoms with Gasteiger partial charge in [0, 0.05) is 0 Å². The van der Waals surface area contributed by atoms with Gasteiger partial charge in [-0.3, -0.25) is 0 Å². The lowest BCUT2D eigenvalue weighted by Gasteiger charge is -2.15. The van der Waals surface area contributed by atoms with Crippen LogP contribution in [-0.2, 0) is 0 Å². The molecule has 0 heteroatoms. The van der Waals surface area contributed by atoms with Crippen molar-refractivity contribution in [2.45, 2.75) is 13.8 Å². The summed E-state index contributed by atoms with van der Waals surface area (Å²) in [5.41, 5.74) is 7.85. The molecule has 0 atom stereocenters. The minimum absolute atomic E-state index is 1.27. The monoisotopic (exact) mass is 358 g/mol. The van der Waals surface area contributed by atoms with Crippen LogP contribution in [0.15, 0.2) is 97.1 Å². The maximum atomic E-state index is 2.37. The average molecular weight is 358 g/mol. The van der Waals surface area contributed by atoms with Crippen LogP contribution in [0, 0.1) is 13.8 Å². The van der Waals surface area contributed by atoms with E-state index < -0.39 is 0 Å². The Labute approximate surface area is 166 Å². The van der Waals surface area contributed by atoms with Crippen molar-refractivity contribution in [2.24, 2.45) is 0 Å². The highest BCUT2D eigenvalue weighted by Crippen LogP contribution is 2.37. The zero-order chi connectivity index (χ0) is 19.1. The maximum Gasteiger partial charge on any atom is -0.00732 e. The minimum atomic E-state index is 1.27. The van der Waals surface area contributed by atoms with E-state index in [4.69, 9.17) is 0 Å². The quantitative estimate of drug-likeness (QED) is 0.300. The Bertz CT molecular complexity index is 1320. The fourth-order valence-corrected chi connectivity index (χ4v) is 4.28. The summed E-state index contributed by atoms with van der Waals surface area (Å²) in [5, 5.41) is 5.19. The molecule has 0 spiro atoms. The summed E-state index contributed by atoms with van der Waals surface area (Å²) in [6, 6.07) is 35.2. The van der Waals surface area contributed by atoms with Crippen molar-refractivity contribution in [3.8, 4) is 22.3 Å².